The molecule has 1 aliphatic carbocycles. The fourth-order valence-corrected chi connectivity index (χ4v) is 3.02. The van der Waals surface area contributed by atoms with Crippen LogP contribution in [-0.2, 0) is 4.79 Å². The third-order valence-electron chi connectivity index (χ3n) is 4.27. The number of likely N-dealkylation sites (tertiary alicyclic amines) is 1. The molecule has 0 atom stereocenters. The van der Waals surface area contributed by atoms with Crippen LogP contribution in [0.5, 0.6) is 0 Å². The number of amides is 1. The third-order valence-corrected chi connectivity index (χ3v) is 4.27. The molecule has 0 aromatic rings. The van der Waals surface area contributed by atoms with E-state index in [-0.39, 0.29) is 5.91 Å². The van der Waals surface area contributed by atoms with Crippen LogP contribution >= 0.6 is 0 Å². The van der Waals surface area contributed by atoms with E-state index >= 15 is 0 Å². The monoisotopic (exact) mass is 253 g/mol. The molecular weight excluding hydrogens is 226 g/mol. The van der Waals surface area contributed by atoms with E-state index in [1.807, 2.05) is 14.1 Å². The molecule has 0 aromatic heterocycles. The van der Waals surface area contributed by atoms with Crippen LogP contribution in [0, 0.1) is 0 Å². The van der Waals surface area contributed by atoms with Crippen molar-refractivity contribution < 1.29 is 4.79 Å². The first-order valence-corrected chi connectivity index (χ1v) is 7.33. The van der Waals surface area contributed by atoms with Crippen molar-refractivity contribution in [2.75, 3.05) is 33.7 Å². The van der Waals surface area contributed by atoms with E-state index in [0.717, 1.165) is 19.1 Å². The van der Waals surface area contributed by atoms with Gasteiger partial charge in [0.15, 0.2) is 0 Å². The third kappa shape index (κ3) is 3.95. The van der Waals surface area contributed by atoms with Gasteiger partial charge in [-0.2, -0.15) is 0 Å². The summed E-state index contributed by atoms with van der Waals surface area (Å²) in [5.41, 5.74) is 0. The SMILES string of the molecule is CN(C)C(=O)CN1CCC(NC2CCCC2)CC1. The highest BCUT2D eigenvalue weighted by Crippen LogP contribution is 2.20. The summed E-state index contributed by atoms with van der Waals surface area (Å²) in [6, 6.07) is 1.45. The molecule has 2 rings (SSSR count). The zero-order chi connectivity index (χ0) is 13.0. The maximum Gasteiger partial charge on any atom is 0.236 e. The summed E-state index contributed by atoms with van der Waals surface area (Å²) in [7, 11) is 3.66. The summed E-state index contributed by atoms with van der Waals surface area (Å²) in [6.45, 7) is 2.71. The smallest absolute Gasteiger partial charge is 0.236 e. The lowest BCUT2D eigenvalue weighted by Crippen LogP contribution is -2.47. The Balaban J connectivity index is 1.66. The summed E-state index contributed by atoms with van der Waals surface area (Å²) >= 11 is 0. The molecule has 104 valence electrons. The van der Waals surface area contributed by atoms with Crippen LogP contribution < -0.4 is 5.32 Å². The van der Waals surface area contributed by atoms with E-state index in [0.29, 0.717) is 12.6 Å². The van der Waals surface area contributed by atoms with Crippen LogP contribution in [0.1, 0.15) is 38.5 Å². The van der Waals surface area contributed by atoms with Crippen LogP contribution in [0.2, 0.25) is 0 Å². The van der Waals surface area contributed by atoms with Crippen molar-refractivity contribution in [3.63, 3.8) is 0 Å². The molecule has 0 aromatic carbocycles. The fraction of sp³-hybridized carbons (Fsp3) is 0.929. The van der Waals surface area contributed by atoms with E-state index in [4.69, 9.17) is 0 Å². The minimum absolute atomic E-state index is 0.220. The Morgan fingerprint density at radius 2 is 1.67 bits per heavy atom. The number of carbonyl (C=O) groups is 1. The second kappa shape index (κ2) is 6.53. The van der Waals surface area contributed by atoms with E-state index in [2.05, 4.69) is 10.2 Å². The Labute approximate surface area is 111 Å². The van der Waals surface area contributed by atoms with Gasteiger partial charge in [0.25, 0.3) is 0 Å². The number of likely N-dealkylation sites (N-methyl/N-ethyl adjacent to an activating group) is 1. The Bertz CT molecular complexity index is 266. The van der Waals surface area contributed by atoms with E-state index in [1.165, 1.54) is 38.5 Å². The lowest BCUT2D eigenvalue weighted by molar-refractivity contribution is -0.130. The fourth-order valence-electron chi connectivity index (χ4n) is 3.02. The number of hydrogen-bond donors (Lipinski definition) is 1. The lowest BCUT2D eigenvalue weighted by atomic mass is 10.0. The van der Waals surface area contributed by atoms with Crippen molar-refractivity contribution in [2.24, 2.45) is 0 Å². The highest BCUT2D eigenvalue weighted by molar-refractivity contribution is 5.77. The summed E-state index contributed by atoms with van der Waals surface area (Å²) < 4.78 is 0. The van der Waals surface area contributed by atoms with Crippen LogP contribution in [-0.4, -0.2) is 61.5 Å². The molecule has 0 spiro atoms. The predicted molar refractivity (Wildman–Crippen MR) is 73.5 cm³/mol. The topological polar surface area (TPSA) is 35.6 Å². The minimum atomic E-state index is 0.220. The molecule has 1 saturated heterocycles. The van der Waals surface area contributed by atoms with Gasteiger partial charge in [0.05, 0.1) is 6.54 Å². The molecule has 1 aliphatic heterocycles. The van der Waals surface area contributed by atoms with Crippen molar-refractivity contribution in [3.8, 4) is 0 Å². The van der Waals surface area contributed by atoms with Crippen LogP contribution in [0.3, 0.4) is 0 Å². The predicted octanol–water partition coefficient (Wildman–Crippen LogP) is 1.07. The summed E-state index contributed by atoms with van der Waals surface area (Å²) in [6.07, 6.45) is 7.90. The molecule has 1 N–H and O–H groups in total. The highest BCUT2D eigenvalue weighted by Gasteiger charge is 2.24. The second-order valence-corrected chi connectivity index (χ2v) is 5.99. The Hall–Kier alpha value is -0.610. The molecule has 2 aliphatic rings. The van der Waals surface area contributed by atoms with Crippen molar-refractivity contribution in [3.05, 3.63) is 0 Å². The molecule has 4 heteroatoms. The van der Waals surface area contributed by atoms with Crippen LogP contribution in [0.15, 0.2) is 0 Å². The number of hydrogen-bond acceptors (Lipinski definition) is 3. The molecule has 18 heavy (non-hydrogen) atoms. The average molecular weight is 253 g/mol. The van der Waals surface area contributed by atoms with Gasteiger partial charge in [0.2, 0.25) is 5.91 Å². The molecule has 1 amide bonds. The first-order valence-electron chi connectivity index (χ1n) is 7.33. The standard InChI is InChI=1S/C14H27N3O/c1-16(2)14(18)11-17-9-7-13(8-10-17)15-12-5-3-4-6-12/h12-13,15H,3-11H2,1-2H3. The quantitative estimate of drug-likeness (QED) is 0.814. The van der Waals surface area contributed by atoms with E-state index < -0.39 is 0 Å². The van der Waals surface area contributed by atoms with Gasteiger partial charge in [-0.15, -0.1) is 0 Å². The van der Waals surface area contributed by atoms with Crippen molar-refractivity contribution in [1.29, 1.82) is 0 Å². The van der Waals surface area contributed by atoms with Crippen LogP contribution in [0.4, 0.5) is 0 Å². The first kappa shape index (κ1) is 13.8. The van der Waals surface area contributed by atoms with Gasteiger partial charge in [-0.25, -0.2) is 0 Å². The molecule has 0 radical (unpaired) electrons. The number of piperidine rings is 1. The second-order valence-electron chi connectivity index (χ2n) is 5.99. The van der Waals surface area contributed by atoms with Crippen molar-refractivity contribution in [1.82, 2.24) is 15.1 Å². The largest absolute Gasteiger partial charge is 0.348 e. The maximum absolute atomic E-state index is 11.6. The highest BCUT2D eigenvalue weighted by atomic mass is 16.2. The van der Waals surface area contributed by atoms with Gasteiger partial charge in [-0.05, 0) is 25.7 Å². The zero-order valence-electron chi connectivity index (χ0n) is 11.8. The first-order chi connectivity index (χ1) is 8.65. The summed E-state index contributed by atoms with van der Waals surface area (Å²) in [5, 5.41) is 3.79. The lowest BCUT2D eigenvalue weighted by Gasteiger charge is -2.34. The molecular formula is C14H27N3O. The molecule has 2 fully saturated rings. The molecule has 0 bridgehead atoms. The summed E-state index contributed by atoms with van der Waals surface area (Å²) in [5.74, 6) is 0.220. The summed E-state index contributed by atoms with van der Waals surface area (Å²) in [4.78, 5) is 15.6. The van der Waals surface area contributed by atoms with Gasteiger partial charge < -0.3 is 10.2 Å². The Kier molecular flexibility index (Phi) is 5.01. The van der Waals surface area contributed by atoms with Gasteiger partial charge in [-0.3, -0.25) is 9.69 Å². The van der Waals surface area contributed by atoms with Gasteiger partial charge in [0, 0.05) is 39.3 Å². The van der Waals surface area contributed by atoms with Gasteiger partial charge >= 0.3 is 0 Å². The Morgan fingerprint density at radius 3 is 2.22 bits per heavy atom. The van der Waals surface area contributed by atoms with E-state index in [9.17, 15) is 4.79 Å². The van der Waals surface area contributed by atoms with Gasteiger partial charge in [0.1, 0.15) is 0 Å². The number of rotatable bonds is 4. The molecule has 4 nitrogen and oxygen atoms in total. The normalized spacial score (nSPS) is 23.4. The Morgan fingerprint density at radius 1 is 1.11 bits per heavy atom. The zero-order valence-corrected chi connectivity index (χ0v) is 11.8. The number of nitrogens with zero attached hydrogens (tertiary/aromatic N) is 2. The van der Waals surface area contributed by atoms with Crippen LogP contribution in [0.25, 0.3) is 0 Å². The molecule has 1 heterocycles. The molecule has 1 saturated carbocycles. The van der Waals surface area contributed by atoms with Crippen molar-refractivity contribution >= 4 is 5.91 Å². The number of carbonyl (C=O) groups excluding carboxylic acids is 1. The van der Waals surface area contributed by atoms with E-state index in [1.54, 1.807) is 4.90 Å². The number of nitrogens with one attached hydrogen (secondary N) is 1. The maximum atomic E-state index is 11.6. The average Bonchev–Trinajstić information content (AvgIpc) is 2.84. The molecule has 0 unspecified atom stereocenters. The minimum Gasteiger partial charge on any atom is -0.348 e. The van der Waals surface area contributed by atoms with Gasteiger partial charge in [-0.1, -0.05) is 12.8 Å². The van der Waals surface area contributed by atoms with Crippen molar-refractivity contribution in [2.45, 2.75) is 50.6 Å².